The van der Waals surface area contributed by atoms with Crippen LogP contribution in [0.25, 0.3) is 6.08 Å². The normalized spacial score (nSPS) is 15.0. The highest BCUT2D eigenvalue weighted by molar-refractivity contribution is 6.30. The maximum absolute atomic E-state index is 13.1. The van der Waals surface area contributed by atoms with Crippen molar-refractivity contribution in [2.75, 3.05) is 0 Å². The van der Waals surface area contributed by atoms with E-state index >= 15 is 0 Å². The lowest BCUT2D eigenvalue weighted by molar-refractivity contribution is -0.385. The summed E-state index contributed by atoms with van der Waals surface area (Å²) in [5, 5.41) is 17.2. The summed E-state index contributed by atoms with van der Waals surface area (Å²) >= 11 is 5.93. The van der Waals surface area contributed by atoms with Crippen molar-refractivity contribution in [2.24, 2.45) is 10.1 Å². The lowest BCUT2D eigenvalue weighted by atomic mass is 10.2. The van der Waals surface area contributed by atoms with Crippen molar-refractivity contribution in [1.29, 1.82) is 0 Å². The molecule has 0 spiro atoms. The Morgan fingerprint density at radius 1 is 0.968 bits per heavy atom. The number of nitrogens with zero attached hydrogens (tertiary/aromatic N) is 4. The van der Waals surface area contributed by atoms with Crippen LogP contribution in [0.2, 0.25) is 5.02 Å². The molecule has 0 N–H and O–H groups in total. The van der Waals surface area contributed by atoms with Gasteiger partial charge in [-0.25, -0.2) is 4.99 Å². The van der Waals surface area contributed by atoms with Gasteiger partial charge in [-0.05, 0) is 29.8 Å². The molecule has 8 heteroatoms. The third kappa shape index (κ3) is 4.41. The van der Waals surface area contributed by atoms with Gasteiger partial charge in [0.25, 0.3) is 11.6 Å². The monoisotopic (exact) mass is 430 g/mol. The number of nitro groups is 1. The Kier molecular flexibility index (Phi) is 5.68. The van der Waals surface area contributed by atoms with Crippen LogP contribution in [0.4, 0.5) is 5.69 Å². The van der Waals surface area contributed by atoms with E-state index in [1.807, 2.05) is 30.3 Å². The Hall–Kier alpha value is -4.10. The summed E-state index contributed by atoms with van der Waals surface area (Å²) in [5.41, 5.74) is 1.82. The minimum atomic E-state index is -0.495. The van der Waals surface area contributed by atoms with Crippen molar-refractivity contribution >= 4 is 41.3 Å². The van der Waals surface area contributed by atoms with Crippen molar-refractivity contribution in [3.8, 4) is 0 Å². The number of para-hydroxylation sites is 1. The van der Waals surface area contributed by atoms with Gasteiger partial charge in [0.15, 0.2) is 5.84 Å². The Bertz CT molecular complexity index is 1240. The minimum absolute atomic E-state index is 0.104. The van der Waals surface area contributed by atoms with Gasteiger partial charge in [0.1, 0.15) is 5.70 Å². The maximum Gasteiger partial charge on any atom is 0.298 e. The molecule has 3 aromatic carbocycles. The van der Waals surface area contributed by atoms with Crippen molar-refractivity contribution in [1.82, 2.24) is 5.01 Å². The number of hydrazone groups is 1. The molecule has 152 valence electrons. The fourth-order valence-corrected chi connectivity index (χ4v) is 3.11. The van der Waals surface area contributed by atoms with Gasteiger partial charge >= 0.3 is 0 Å². The molecule has 0 bridgehead atoms. The Morgan fingerprint density at radius 2 is 1.65 bits per heavy atom. The molecule has 4 rings (SSSR count). The first-order chi connectivity index (χ1) is 15.0. The van der Waals surface area contributed by atoms with Crippen LogP contribution in [0.5, 0.6) is 0 Å². The average Bonchev–Trinajstić information content (AvgIpc) is 3.09. The van der Waals surface area contributed by atoms with Crippen molar-refractivity contribution < 1.29 is 9.72 Å². The summed E-state index contributed by atoms with van der Waals surface area (Å²) in [6, 6.07) is 22.3. The van der Waals surface area contributed by atoms with Crippen LogP contribution in [0, 0.1) is 10.1 Å². The maximum atomic E-state index is 13.1. The van der Waals surface area contributed by atoms with Crippen molar-refractivity contribution in [3.63, 3.8) is 0 Å². The molecule has 0 atom stereocenters. The summed E-state index contributed by atoms with van der Waals surface area (Å²) in [7, 11) is 0. The highest BCUT2D eigenvalue weighted by Crippen LogP contribution is 2.24. The smallest absolute Gasteiger partial charge is 0.265 e. The third-order valence-electron chi connectivity index (χ3n) is 4.49. The van der Waals surface area contributed by atoms with Gasteiger partial charge in [0.2, 0.25) is 0 Å². The molecule has 0 fully saturated rings. The van der Waals surface area contributed by atoms with Gasteiger partial charge in [0.05, 0.1) is 16.7 Å². The van der Waals surface area contributed by atoms with Gasteiger partial charge in [-0.1, -0.05) is 66.2 Å². The quantitative estimate of drug-likeness (QED) is 0.249. The molecule has 0 aliphatic carbocycles. The van der Waals surface area contributed by atoms with Crippen LogP contribution in [0.15, 0.2) is 94.7 Å². The van der Waals surface area contributed by atoms with E-state index in [0.29, 0.717) is 16.4 Å². The van der Waals surface area contributed by atoms with Gasteiger partial charge in [-0.15, -0.1) is 0 Å². The zero-order valence-electron chi connectivity index (χ0n) is 16.1. The first kappa shape index (κ1) is 20.2. The van der Waals surface area contributed by atoms with E-state index in [-0.39, 0.29) is 16.9 Å². The van der Waals surface area contributed by atoms with Crippen molar-refractivity contribution in [2.45, 2.75) is 0 Å². The zero-order chi connectivity index (χ0) is 21.8. The summed E-state index contributed by atoms with van der Waals surface area (Å²) in [4.78, 5) is 28.3. The van der Waals surface area contributed by atoms with Crippen LogP contribution in [-0.2, 0) is 4.79 Å². The number of nitro benzene ring substituents is 1. The Labute approximate surface area is 182 Å². The number of rotatable bonds is 5. The molecule has 0 unspecified atom stereocenters. The fourth-order valence-electron chi connectivity index (χ4n) is 2.99. The second-order valence-electron chi connectivity index (χ2n) is 6.56. The lowest BCUT2D eigenvalue weighted by Crippen LogP contribution is -2.27. The molecule has 7 nitrogen and oxygen atoms in total. The molecule has 0 radical (unpaired) electrons. The molecular formula is C23H15ClN4O3. The number of amidine groups is 1. The van der Waals surface area contributed by atoms with Crippen LogP contribution in [0.3, 0.4) is 0 Å². The van der Waals surface area contributed by atoms with E-state index in [0.717, 1.165) is 10.6 Å². The number of hydrogen-bond donors (Lipinski definition) is 0. The van der Waals surface area contributed by atoms with Crippen LogP contribution >= 0.6 is 11.6 Å². The SMILES string of the molecule is O=C1/C(=C/c2ccc(Cl)cc2)N=C(c2ccccc2)N1/N=C/c1ccccc1[N+](=O)[O-]. The third-order valence-corrected chi connectivity index (χ3v) is 4.74. The van der Waals surface area contributed by atoms with E-state index < -0.39 is 10.8 Å². The molecular weight excluding hydrogens is 416 g/mol. The number of amides is 1. The average molecular weight is 431 g/mol. The van der Waals surface area contributed by atoms with Gasteiger partial charge in [-0.3, -0.25) is 14.9 Å². The zero-order valence-corrected chi connectivity index (χ0v) is 16.8. The van der Waals surface area contributed by atoms with Crippen LogP contribution < -0.4 is 0 Å². The van der Waals surface area contributed by atoms with E-state index in [4.69, 9.17) is 11.6 Å². The number of aliphatic imine (C=N–C) groups is 1. The summed E-state index contributed by atoms with van der Waals surface area (Å²) in [6.45, 7) is 0. The standard InChI is InChI=1S/C23H15ClN4O3/c24-19-12-10-16(11-13-19)14-20-23(29)27(22(26-20)17-6-2-1-3-7-17)25-15-18-8-4-5-9-21(18)28(30)31/h1-15H/b20-14-,25-15+. The Balaban J connectivity index is 1.74. The second kappa shape index (κ2) is 8.73. The molecule has 0 saturated heterocycles. The van der Waals surface area contributed by atoms with Crippen molar-refractivity contribution in [3.05, 3.63) is 116 Å². The molecule has 1 amide bonds. The highest BCUT2D eigenvalue weighted by Gasteiger charge is 2.31. The molecule has 31 heavy (non-hydrogen) atoms. The minimum Gasteiger partial charge on any atom is -0.265 e. The first-order valence-corrected chi connectivity index (χ1v) is 9.64. The number of carbonyl (C=O) groups excluding carboxylic acids is 1. The number of carbonyl (C=O) groups is 1. The van der Waals surface area contributed by atoms with Gasteiger partial charge in [-0.2, -0.15) is 10.1 Å². The van der Waals surface area contributed by atoms with E-state index in [2.05, 4.69) is 10.1 Å². The van der Waals surface area contributed by atoms with E-state index in [9.17, 15) is 14.9 Å². The van der Waals surface area contributed by atoms with Crippen LogP contribution in [-0.4, -0.2) is 27.9 Å². The molecule has 1 aliphatic rings. The summed E-state index contributed by atoms with van der Waals surface area (Å²) < 4.78 is 0. The largest absolute Gasteiger partial charge is 0.298 e. The lowest BCUT2D eigenvalue weighted by Gasteiger charge is -2.11. The topological polar surface area (TPSA) is 88.2 Å². The molecule has 1 heterocycles. The number of hydrogen-bond acceptors (Lipinski definition) is 5. The van der Waals surface area contributed by atoms with Crippen LogP contribution in [0.1, 0.15) is 16.7 Å². The second-order valence-corrected chi connectivity index (χ2v) is 7.00. The number of benzene rings is 3. The first-order valence-electron chi connectivity index (χ1n) is 9.26. The van der Waals surface area contributed by atoms with Gasteiger partial charge < -0.3 is 0 Å². The van der Waals surface area contributed by atoms with E-state index in [1.165, 1.54) is 12.3 Å². The fraction of sp³-hybridized carbons (Fsp3) is 0. The molecule has 1 aliphatic heterocycles. The van der Waals surface area contributed by atoms with Gasteiger partial charge in [0, 0.05) is 16.7 Å². The predicted octanol–water partition coefficient (Wildman–Crippen LogP) is 4.91. The molecule has 0 aromatic heterocycles. The Morgan fingerprint density at radius 3 is 2.35 bits per heavy atom. The van der Waals surface area contributed by atoms with E-state index in [1.54, 1.807) is 48.5 Å². The number of halogens is 1. The predicted molar refractivity (Wildman–Crippen MR) is 120 cm³/mol. The highest BCUT2D eigenvalue weighted by atomic mass is 35.5. The molecule has 3 aromatic rings. The molecule has 0 saturated carbocycles. The summed E-state index contributed by atoms with van der Waals surface area (Å²) in [6.07, 6.45) is 2.93. The summed E-state index contributed by atoms with van der Waals surface area (Å²) in [5.74, 6) is -0.107.